The summed E-state index contributed by atoms with van der Waals surface area (Å²) in [6.07, 6.45) is 1.70. The van der Waals surface area contributed by atoms with Crippen molar-refractivity contribution in [2.75, 3.05) is 11.8 Å². The summed E-state index contributed by atoms with van der Waals surface area (Å²) in [6, 6.07) is 2.10. The molecule has 1 atom stereocenters. The monoisotopic (exact) mass is 165 g/mol. The number of nitriles is 1. The van der Waals surface area contributed by atoms with Crippen molar-refractivity contribution in [3.8, 4) is 6.07 Å². The van der Waals surface area contributed by atoms with Crippen LogP contribution in [0.2, 0.25) is 0 Å². The van der Waals surface area contributed by atoms with Gasteiger partial charge in [-0.25, -0.2) is 0 Å². The van der Waals surface area contributed by atoms with Gasteiger partial charge in [-0.15, -0.1) is 23.2 Å². The molecule has 0 aromatic carbocycles. The molecule has 0 radical (unpaired) electrons. The Morgan fingerprint density at radius 2 is 2.11 bits per heavy atom. The second-order valence-corrected chi connectivity index (χ2v) is 2.50. The first-order chi connectivity index (χ1) is 4.35. The van der Waals surface area contributed by atoms with Crippen LogP contribution in [0.1, 0.15) is 12.8 Å². The molecule has 0 amide bonds. The predicted octanol–water partition coefficient (Wildman–Crippen LogP) is 2.38. The zero-order chi connectivity index (χ0) is 7.11. The summed E-state index contributed by atoms with van der Waals surface area (Å²) >= 11 is 10.8. The van der Waals surface area contributed by atoms with E-state index < -0.39 is 0 Å². The fourth-order valence-electron chi connectivity index (χ4n) is 0.500. The minimum Gasteiger partial charge on any atom is -0.198 e. The largest absolute Gasteiger partial charge is 0.198 e. The lowest BCUT2D eigenvalue weighted by Crippen LogP contribution is -1.98. The van der Waals surface area contributed by atoms with Gasteiger partial charge in [0, 0.05) is 11.8 Å². The maximum atomic E-state index is 8.38. The van der Waals surface area contributed by atoms with Gasteiger partial charge < -0.3 is 0 Å². The molecule has 0 rings (SSSR count). The lowest BCUT2D eigenvalue weighted by molar-refractivity contribution is 0.654. The molecule has 0 saturated carbocycles. The molecule has 0 bridgehead atoms. The van der Waals surface area contributed by atoms with Gasteiger partial charge in [-0.05, 0) is 12.8 Å². The van der Waals surface area contributed by atoms with Crippen molar-refractivity contribution in [1.29, 1.82) is 5.26 Å². The minimum atomic E-state index is -0.00887. The van der Waals surface area contributed by atoms with Gasteiger partial charge in [0.2, 0.25) is 0 Å². The summed E-state index contributed by atoms with van der Waals surface area (Å²) in [6.45, 7) is 0. The van der Waals surface area contributed by atoms with E-state index in [1.54, 1.807) is 0 Å². The van der Waals surface area contributed by atoms with Crippen LogP contribution >= 0.6 is 23.2 Å². The maximum absolute atomic E-state index is 8.38. The third kappa shape index (κ3) is 4.57. The highest BCUT2D eigenvalue weighted by atomic mass is 35.5. The molecular weight excluding hydrogens is 157 g/mol. The summed E-state index contributed by atoms with van der Waals surface area (Å²) in [7, 11) is 0. The van der Waals surface area contributed by atoms with Crippen LogP contribution in [0, 0.1) is 17.2 Å². The second-order valence-electron chi connectivity index (χ2n) is 1.81. The van der Waals surface area contributed by atoms with Gasteiger partial charge in [0.15, 0.2) is 0 Å². The number of alkyl halides is 2. The number of nitrogens with zero attached hydrogens (tertiary/aromatic N) is 1. The first kappa shape index (κ1) is 9.07. The minimum absolute atomic E-state index is 0.00887. The molecule has 3 heteroatoms. The molecular formula is C6H9Cl2N. The first-order valence-electron chi connectivity index (χ1n) is 2.86. The van der Waals surface area contributed by atoms with Gasteiger partial charge in [-0.1, -0.05) is 0 Å². The number of rotatable bonds is 4. The Kier molecular flexibility index (Phi) is 6.24. The van der Waals surface area contributed by atoms with E-state index in [1.807, 2.05) is 0 Å². The lowest BCUT2D eigenvalue weighted by Gasteiger charge is -1.99. The van der Waals surface area contributed by atoms with E-state index >= 15 is 0 Å². The van der Waals surface area contributed by atoms with Gasteiger partial charge >= 0.3 is 0 Å². The van der Waals surface area contributed by atoms with E-state index in [1.165, 1.54) is 0 Å². The molecule has 0 heterocycles. The van der Waals surface area contributed by atoms with Gasteiger partial charge in [0.05, 0.1) is 12.0 Å². The zero-order valence-corrected chi connectivity index (χ0v) is 6.62. The van der Waals surface area contributed by atoms with Crippen LogP contribution in [0.5, 0.6) is 0 Å². The van der Waals surface area contributed by atoms with Crippen molar-refractivity contribution < 1.29 is 0 Å². The Morgan fingerprint density at radius 3 is 2.44 bits per heavy atom. The zero-order valence-electron chi connectivity index (χ0n) is 5.11. The second kappa shape index (κ2) is 6.19. The van der Waals surface area contributed by atoms with Crippen molar-refractivity contribution in [2.24, 2.45) is 5.92 Å². The average molecular weight is 166 g/mol. The normalized spacial score (nSPS) is 12.6. The molecule has 0 aliphatic carbocycles. The molecule has 9 heavy (non-hydrogen) atoms. The molecule has 0 saturated heterocycles. The first-order valence-corrected chi connectivity index (χ1v) is 3.93. The van der Waals surface area contributed by atoms with E-state index in [2.05, 4.69) is 6.07 Å². The standard InChI is InChI=1S/C6H9Cl2N/c7-3-1-2-6(4-8)5-9/h6H,1-4H2. The van der Waals surface area contributed by atoms with Gasteiger partial charge in [0.25, 0.3) is 0 Å². The predicted molar refractivity (Wildman–Crippen MR) is 39.8 cm³/mol. The Balaban J connectivity index is 3.23. The summed E-state index contributed by atoms with van der Waals surface area (Å²) in [5.74, 6) is 1.04. The van der Waals surface area contributed by atoms with Crippen LogP contribution in [0.3, 0.4) is 0 Å². The Bertz CT molecular complexity index is 97.7. The number of hydrogen-bond acceptors (Lipinski definition) is 1. The van der Waals surface area contributed by atoms with Crippen LogP contribution < -0.4 is 0 Å². The van der Waals surface area contributed by atoms with Crippen LogP contribution in [0.15, 0.2) is 0 Å². The van der Waals surface area contributed by atoms with Gasteiger partial charge in [-0.3, -0.25) is 0 Å². The van der Waals surface area contributed by atoms with Gasteiger partial charge in [-0.2, -0.15) is 5.26 Å². The molecule has 0 aromatic heterocycles. The molecule has 0 aromatic rings. The third-order valence-corrected chi connectivity index (χ3v) is 1.69. The molecule has 0 spiro atoms. The van der Waals surface area contributed by atoms with Crippen molar-refractivity contribution in [1.82, 2.24) is 0 Å². The SMILES string of the molecule is N#CC(CCl)CCCCl. The van der Waals surface area contributed by atoms with Crippen molar-refractivity contribution >= 4 is 23.2 Å². The van der Waals surface area contributed by atoms with E-state index in [4.69, 9.17) is 28.5 Å². The third-order valence-electron chi connectivity index (χ3n) is 1.06. The Morgan fingerprint density at radius 1 is 1.44 bits per heavy atom. The maximum Gasteiger partial charge on any atom is 0.0668 e. The molecule has 0 aliphatic heterocycles. The van der Waals surface area contributed by atoms with Crippen molar-refractivity contribution in [3.05, 3.63) is 0 Å². The van der Waals surface area contributed by atoms with Crippen LogP contribution in [-0.4, -0.2) is 11.8 Å². The number of hydrogen-bond donors (Lipinski definition) is 0. The summed E-state index contributed by atoms with van der Waals surface area (Å²) in [5.41, 5.74) is 0. The van der Waals surface area contributed by atoms with E-state index in [0.717, 1.165) is 12.8 Å². The van der Waals surface area contributed by atoms with Crippen LogP contribution in [-0.2, 0) is 0 Å². The molecule has 52 valence electrons. The van der Waals surface area contributed by atoms with Crippen LogP contribution in [0.4, 0.5) is 0 Å². The smallest absolute Gasteiger partial charge is 0.0668 e. The molecule has 0 N–H and O–H groups in total. The Labute approximate surface area is 65.6 Å². The molecule has 1 nitrogen and oxygen atoms in total. The highest BCUT2D eigenvalue weighted by Crippen LogP contribution is 2.07. The van der Waals surface area contributed by atoms with E-state index in [0.29, 0.717) is 11.8 Å². The highest BCUT2D eigenvalue weighted by Gasteiger charge is 2.02. The van der Waals surface area contributed by atoms with E-state index in [-0.39, 0.29) is 5.92 Å². The molecule has 0 fully saturated rings. The lowest BCUT2D eigenvalue weighted by atomic mass is 10.1. The average Bonchev–Trinajstić information content (AvgIpc) is 1.91. The summed E-state index contributed by atoms with van der Waals surface area (Å²) < 4.78 is 0. The van der Waals surface area contributed by atoms with Crippen LogP contribution in [0.25, 0.3) is 0 Å². The summed E-state index contributed by atoms with van der Waals surface area (Å²) in [5, 5.41) is 8.38. The van der Waals surface area contributed by atoms with Crippen molar-refractivity contribution in [2.45, 2.75) is 12.8 Å². The highest BCUT2D eigenvalue weighted by molar-refractivity contribution is 6.18. The fraction of sp³-hybridized carbons (Fsp3) is 0.833. The molecule has 1 unspecified atom stereocenters. The quantitative estimate of drug-likeness (QED) is 0.588. The number of halogens is 2. The topological polar surface area (TPSA) is 23.8 Å². The van der Waals surface area contributed by atoms with Gasteiger partial charge in [0.1, 0.15) is 0 Å². The Hall–Kier alpha value is 0.0700. The molecule has 0 aliphatic rings. The van der Waals surface area contributed by atoms with E-state index in [9.17, 15) is 0 Å². The van der Waals surface area contributed by atoms with Crippen molar-refractivity contribution in [3.63, 3.8) is 0 Å². The fourth-order valence-corrected chi connectivity index (χ4v) is 0.877. The summed E-state index contributed by atoms with van der Waals surface area (Å²) in [4.78, 5) is 0.